The average molecular weight is 439 g/mol. The van der Waals surface area contributed by atoms with Gasteiger partial charge in [0.15, 0.2) is 12.3 Å². The number of benzene rings is 2. The van der Waals surface area contributed by atoms with Crippen molar-refractivity contribution in [2.24, 2.45) is 7.05 Å². The van der Waals surface area contributed by atoms with Crippen molar-refractivity contribution >= 4 is 28.6 Å². The van der Waals surface area contributed by atoms with E-state index < -0.39 is 18.5 Å². The second kappa shape index (κ2) is 9.32. The summed E-state index contributed by atoms with van der Waals surface area (Å²) in [7, 11) is 1.76. The molecule has 8 nitrogen and oxygen atoms in total. The Hall–Kier alpha value is -4.51. The van der Waals surface area contributed by atoms with Crippen molar-refractivity contribution in [2.45, 2.75) is 6.92 Å². The summed E-state index contributed by atoms with van der Waals surface area (Å²) in [6, 6.07) is 21.9. The predicted octanol–water partition coefficient (Wildman–Crippen LogP) is 3.66. The van der Waals surface area contributed by atoms with E-state index in [0.29, 0.717) is 28.1 Å². The fourth-order valence-electron chi connectivity index (χ4n) is 3.65. The number of esters is 1. The van der Waals surface area contributed by atoms with Crippen LogP contribution in [0, 0.1) is 18.3 Å². The van der Waals surface area contributed by atoms with Crippen LogP contribution in [0.4, 0.5) is 5.69 Å². The molecule has 164 valence electrons. The predicted molar refractivity (Wildman–Crippen MR) is 123 cm³/mol. The van der Waals surface area contributed by atoms with Crippen molar-refractivity contribution < 1.29 is 14.3 Å². The van der Waals surface area contributed by atoms with Crippen LogP contribution in [0.2, 0.25) is 0 Å². The Kier molecular flexibility index (Phi) is 6.13. The molecule has 0 saturated carbocycles. The average Bonchev–Trinajstić information content (AvgIpc) is 3.14. The maximum atomic E-state index is 13.1. The number of hydrogen-bond donors (Lipinski definition) is 0. The van der Waals surface area contributed by atoms with Gasteiger partial charge < -0.3 is 4.74 Å². The van der Waals surface area contributed by atoms with Crippen molar-refractivity contribution in [1.29, 1.82) is 5.26 Å². The summed E-state index contributed by atoms with van der Waals surface area (Å²) in [5.74, 6) is -1.15. The first-order chi connectivity index (χ1) is 16.0. The Morgan fingerprint density at radius 2 is 1.76 bits per heavy atom. The van der Waals surface area contributed by atoms with Gasteiger partial charge in [-0.3, -0.25) is 14.4 Å². The maximum Gasteiger partial charge on any atom is 0.339 e. The minimum Gasteiger partial charge on any atom is -0.452 e. The lowest BCUT2D eigenvalue weighted by molar-refractivity contribution is -0.121. The number of para-hydroxylation sites is 1. The third-order valence-electron chi connectivity index (χ3n) is 5.18. The number of pyridine rings is 1. The van der Waals surface area contributed by atoms with E-state index >= 15 is 0 Å². The lowest BCUT2D eigenvalue weighted by Crippen LogP contribution is -2.35. The van der Waals surface area contributed by atoms with Crippen LogP contribution >= 0.6 is 0 Å². The maximum absolute atomic E-state index is 13.1. The summed E-state index contributed by atoms with van der Waals surface area (Å²) in [6.07, 6.45) is 0. The highest BCUT2D eigenvalue weighted by Crippen LogP contribution is 2.27. The third kappa shape index (κ3) is 4.43. The van der Waals surface area contributed by atoms with Crippen LogP contribution in [0.15, 0.2) is 66.7 Å². The number of amides is 1. The van der Waals surface area contributed by atoms with Gasteiger partial charge in [-0.1, -0.05) is 48.5 Å². The van der Waals surface area contributed by atoms with Crippen LogP contribution in [0.1, 0.15) is 16.1 Å². The molecule has 0 saturated heterocycles. The summed E-state index contributed by atoms with van der Waals surface area (Å²) in [4.78, 5) is 31.8. The molecule has 2 aromatic carbocycles. The van der Waals surface area contributed by atoms with Gasteiger partial charge in [0, 0.05) is 18.3 Å². The van der Waals surface area contributed by atoms with E-state index in [1.54, 1.807) is 49.0 Å². The van der Waals surface area contributed by atoms with Crippen molar-refractivity contribution in [1.82, 2.24) is 14.8 Å². The standard InChI is InChI=1S/C25H21N5O3/c1-17-23-20(15-21(18-9-5-3-6-10-18)27-24(23)29(2)28-17)25(32)33-16-22(31)30(14-13-26)19-11-7-4-8-12-19/h3-12,15H,14,16H2,1-2H3. The van der Waals surface area contributed by atoms with Crippen molar-refractivity contribution in [3.05, 3.63) is 78.0 Å². The summed E-state index contributed by atoms with van der Waals surface area (Å²) in [6.45, 7) is 1.14. The smallest absolute Gasteiger partial charge is 0.339 e. The topological polar surface area (TPSA) is 101 Å². The van der Waals surface area contributed by atoms with E-state index in [1.165, 1.54) is 4.90 Å². The van der Waals surface area contributed by atoms with E-state index in [0.717, 1.165) is 5.56 Å². The van der Waals surface area contributed by atoms with Crippen LogP contribution in [-0.4, -0.2) is 39.8 Å². The molecular formula is C25H21N5O3. The number of nitriles is 1. The molecule has 33 heavy (non-hydrogen) atoms. The van der Waals surface area contributed by atoms with Crippen LogP contribution in [-0.2, 0) is 16.6 Å². The highest BCUT2D eigenvalue weighted by atomic mass is 16.5. The molecule has 0 N–H and O–H groups in total. The summed E-state index contributed by atoms with van der Waals surface area (Å²) in [5.41, 5.74) is 3.45. The van der Waals surface area contributed by atoms with Crippen LogP contribution in [0.3, 0.4) is 0 Å². The molecule has 0 unspecified atom stereocenters. The van der Waals surface area contributed by atoms with Gasteiger partial charge in [0.25, 0.3) is 5.91 Å². The summed E-state index contributed by atoms with van der Waals surface area (Å²) >= 11 is 0. The quantitative estimate of drug-likeness (QED) is 0.336. The number of aromatic nitrogens is 3. The number of aryl methyl sites for hydroxylation is 2. The molecule has 1 amide bonds. The number of hydrogen-bond acceptors (Lipinski definition) is 6. The van der Waals surface area contributed by atoms with Gasteiger partial charge >= 0.3 is 5.97 Å². The number of carbonyl (C=O) groups excluding carboxylic acids is 2. The highest BCUT2D eigenvalue weighted by Gasteiger charge is 2.23. The van der Waals surface area contributed by atoms with Crippen molar-refractivity contribution in [3.8, 4) is 17.3 Å². The minimum atomic E-state index is -0.658. The first-order valence-corrected chi connectivity index (χ1v) is 10.3. The molecular weight excluding hydrogens is 418 g/mol. The molecule has 0 spiro atoms. The number of carbonyl (C=O) groups is 2. The van der Waals surface area contributed by atoms with Crippen molar-refractivity contribution in [2.75, 3.05) is 18.1 Å². The number of ether oxygens (including phenoxy) is 1. The van der Waals surface area contributed by atoms with Gasteiger partial charge in [-0.25, -0.2) is 9.78 Å². The Morgan fingerprint density at radius 3 is 2.42 bits per heavy atom. The van der Waals surface area contributed by atoms with Gasteiger partial charge in [0.1, 0.15) is 6.54 Å². The molecule has 0 aliphatic heterocycles. The zero-order valence-electron chi connectivity index (χ0n) is 18.2. The van der Waals surface area contributed by atoms with Crippen LogP contribution in [0.25, 0.3) is 22.3 Å². The van der Waals surface area contributed by atoms with Gasteiger partial charge in [-0.15, -0.1) is 0 Å². The Bertz CT molecular complexity index is 1360. The van der Waals surface area contributed by atoms with E-state index in [-0.39, 0.29) is 12.1 Å². The Labute approximate surface area is 190 Å². The fraction of sp³-hybridized carbons (Fsp3) is 0.160. The molecule has 0 aliphatic carbocycles. The number of anilines is 1. The zero-order chi connectivity index (χ0) is 23.4. The minimum absolute atomic E-state index is 0.153. The molecule has 0 atom stereocenters. The number of rotatable bonds is 6. The molecule has 0 fully saturated rings. The molecule has 2 aromatic heterocycles. The molecule has 0 aliphatic rings. The lowest BCUT2D eigenvalue weighted by atomic mass is 10.1. The zero-order valence-corrected chi connectivity index (χ0v) is 18.2. The first kappa shape index (κ1) is 21.7. The monoisotopic (exact) mass is 439 g/mol. The molecule has 2 heterocycles. The van der Waals surface area contributed by atoms with Gasteiger partial charge in [-0.05, 0) is 25.1 Å². The van der Waals surface area contributed by atoms with Gasteiger partial charge in [-0.2, -0.15) is 10.4 Å². The Morgan fingerprint density at radius 1 is 1.09 bits per heavy atom. The van der Waals surface area contributed by atoms with E-state index in [2.05, 4.69) is 10.1 Å². The van der Waals surface area contributed by atoms with Gasteiger partial charge in [0.05, 0.1) is 28.4 Å². The SMILES string of the molecule is Cc1nn(C)c2nc(-c3ccccc3)cc(C(=O)OCC(=O)N(CC#N)c3ccccc3)c12. The van der Waals surface area contributed by atoms with Gasteiger partial charge in [0.2, 0.25) is 0 Å². The fourth-order valence-corrected chi connectivity index (χ4v) is 3.65. The molecule has 4 aromatic rings. The molecule has 4 rings (SSSR count). The van der Waals surface area contributed by atoms with E-state index in [9.17, 15) is 9.59 Å². The molecule has 0 radical (unpaired) electrons. The molecule has 8 heteroatoms. The highest BCUT2D eigenvalue weighted by molar-refractivity contribution is 6.06. The Balaban J connectivity index is 1.64. The van der Waals surface area contributed by atoms with E-state index in [4.69, 9.17) is 10.00 Å². The largest absolute Gasteiger partial charge is 0.452 e. The van der Waals surface area contributed by atoms with E-state index in [1.807, 2.05) is 42.5 Å². The van der Waals surface area contributed by atoms with Crippen LogP contribution in [0.5, 0.6) is 0 Å². The summed E-state index contributed by atoms with van der Waals surface area (Å²) < 4.78 is 7.01. The number of fused-ring (bicyclic) bond motifs is 1. The lowest BCUT2D eigenvalue weighted by Gasteiger charge is -2.19. The normalized spacial score (nSPS) is 10.6. The number of nitrogens with zero attached hydrogens (tertiary/aromatic N) is 5. The summed E-state index contributed by atoms with van der Waals surface area (Å²) in [5, 5.41) is 14.1. The second-order valence-corrected chi connectivity index (χ2v) is 7.38. The first-order valence-electron chi connectivity index (χ1n) is 10.3. The van der Waals surface area contributed by atoms with Crippen molar-refractivity contribution in [3.63, 3.8) is 0 Å². The third-order valence-corrected chi connectivity index (χ3v) is 5.18. The van der Waals surface area contributed by atoms with Crippen LogP contribution < -0.4 is 4.90 Å². The second-order valence-electron chi connectivity index (χ2n) is 7.38. The molecule has 0 bridgehead atoms.